The molecule has 0 bridgehead atoms. The number of ether oxygens (including phenoxy) is 1. The molecule has 0 saturated carbocycles. The first-order chi connectivity index (χ1) is 13.2. The van der Waals surface area contributed by atoms with Gasteiger partial charge in [-0.15, -0.1) is 0 Å². The van der Waals surface area contributed by atoms with Crippen LogP contribution in [0, 0.1) is 0 Å². The number of rotatable bonds is 8. The van der Waals surface area contributed by atoms with E-state index in [1.54, 1.807) is 25.3 Å². The van der Waals surface area contributed by atoms with E-state index < -0.39 is 0 Å². The molecule has 0 fully saturated rings. The second-order valence-electron chi connectivity index (χ2n) is 6.37. The van der Waals surface area contributed by atoms with Crippen LogP contribution in [-0.4, -0.2) is 41.7 Å². The van der Waals surface area contributed by atoms with E-state index in [0.717, 1.165) is 25.1 Å². The number of amides is 1. The van der Waals surface area contributed by atoms with E-state index >= 15 is 0 Å². The van der Waals surface area contributed by atoms with Gasteiger partial charge in [-0.3, -0.25) is 14.2 Å². The van der Waals surface area contributed by atoms with Gasteiger partial charge < -0.3 is 15.4 Å². The maximum Gasteiger partial charge on any atom is 0.261 e. The van der Waals surface area contributed by atoms with Crippen molar-refractivity contribution in [3.8, 4) is 0 Å². The van der Waals surface area contributed by atoms with Crippen molar-refractivity contribution in [2.45, 2.75) is 25.4 Å². The number of carbonyl (C=O) groups excluding carboxylic acids is 1. The molecule has 2 aromatic rings. The smallest absolute Gasteiger partial charge is 0.261 e. The third-order valence-electron chi connectivity index (χ3n) is 4.40. The molecule has 142 valence electrons. The lowest BCUT2D eigenvalue weighted by Crippen LogP contribution is -2.35. The second-order valence-corrected chi connectivity index (χ2v) is 6.37. The molecule has 1 amide bonds. The molecule has 0 saturated heterocycles. The summed E-state index contributed by atoms with van der Waals surface area (Å²) < 4.78 is 6.55. The summed E-state index contributed by atoms with van der Waals surface area (Å²) in [5, 5.41) is 6.77. The summed E-state index contributed by atoms with van der Waals surface area (Å²) in [6.07, 6.45) is 9.24. The Morgan fingerprint density at radius 2 is 2.19 bits per heavy atom. The lowest BCUT2D eigenvalue weighted by atomic mass is 10.1. The number of hydrogen-bond donors (Lipinski definition) is 2. The van der Waals surface area contributed by atoms with Gasteiger partial charge in [0, 0.05) is 12.6 Å². The van der Waals surface area contributed by atoms with Crippen LogP contribution in [-0.2, 0) is 16.1 Å². The molecule has 0 radical (unpaired) electrons. The minimum Gasteiger partial charge on any atom is -0.497 e. The van der Waals surface area contributed by atoms with Crippen LogP contribution < -0.4 is 16.2 Å². The number of para-hydroxylation sites is 1. The van der Waals surface area contributed by atoms with Crippen LogP contribution in [0.2, 0.25) is 0 Å². The Kier molecular flexibility index (Phi) is 6.38. The Morgan fingerprint density at radius 1 is 1.33 bits per heavy atom. The number of nitrogens with zero attached hydrogens (tertiary/aromatic N) is 2. The Labute approximate surface area is 157 Å². The van der Waals surface area contributed by atoms with E-state index in [4.69, 9.17) is 4.74 Å². The van der Waals surface area contributed by atoms with Gasteiger partial charge in [0.1, 0.15) is 12.3 Å². The topological polar surface area (TPSA) is 85.2 Å². The van der Waals surface area contributed by atoms with Gasteiger partial charge in [0.25, 0.3) is 5.56 Å². The molecule has 3 rings (SSSR count). The van der Waals surface area contributed by atoms with Crippen molar-refractivity contribution in [1.82, 2.24) is 20.2 Å². The average Bonchev–Trinajstić information content (AvgIpc) is 2.70. The number of nitrogens with one attached hydrogen (secondary N) is 2. The molecule has 7 nitrogen and oxygen atoms in total. The first-order valence-corrected chi connectivity index (χ1v) is 9.04. The van der Waals surface area contributed by atoms with Crippen LogP contribution in [0.25, 0.3) is 10.9 Å². The molecule has 7 heteroatoms. The summed E-state index contributed by atoms with van der Waals surface area (Å²) in [6, 6.07) is 7.36. The predicted molar refractivity (Wildman–Crippen MR) is 104 cm³/mol. The first kappa shape index (κ1) is 18.8. The molecule has 1 aliphatic carbocycles. The van der Waals surface area contributed by atoms with Crippen molar-refractivity contribution in [3.63, 3.8) is 0 Å². The fraction of sp³-hybridized carbons (Fsp3) is 0.350. The predicted octanol–water partition coefficient (Wildman–Crippen LogP) is 1.35. The minimum absolute atomic E-state index is 0.0303. The highest BCUT2D eigenvalue weighted by Crippen LogP contribution is 2.10. The third-order valence-corrected chi connectivity index (χ3v) is 4.40. The Hall–Kier alpha value is -2.93. The highest BCUT2D eigenvalue weighted by Gasteiger charge is 2.09. The molecule has 2 N–H and O–H groups in total. The lowest BCUT2D eigenvalue weighted by Gasteiger charge is -2.17. The van der Waals surface area contributed by atoms with Gasteiger partial charge in [0.2, 0.25) is 5.91 Å². The van der Waals surface area contributed by atoms with Crippen molar-refractivity contribution < 1.29 is 9.53 Å². The van der Waals surface area contributed by atoms with Gasteiger partial charge in [-0.2, -0.15) is 0 Å². The number of carbonyl (C=O) groups is 1. The molecule has 1 atom stereocenters. The maximum atomic E-state index is 12.4. The number of methoxy groups -OCH3 is 1. The number of allylic oxidation sites excluding steroid dienone is 1. The molecular formula is C20H24N4O3. The first-order valence-electron chi connectivity index (χ1n) is 9.04. The van der Waals surface area contributed by atoms with E-state index in [-0.39, 0.29) is 24.1 Å². The molecule has 1 aromatic heterocycles. The minimum atomic E-state index is -0.205. The molecule has 1 aliphatic rings. The molecule has 0 aliphatic heterocycles. The summed E-state index contributed by atoms with van der Waals surface area (Å²) in [7, 11) is 1.66. The second kappa shape index (κ2) is 9.14. The molecular weight excluding hydrogens is 344 g/mol. The van der Waals surface area contributed by atoms with E-state index in [1.807, 2.05) is 12.1 Å². The zero-order valence-electron chi connectivity index (χ0n) is 15.4. The number of benzene rings is 1. The third kappa shape index (κ3) is 5.04. The lowest BCUT2D eigenvalue weighted by molar-refractivity contribution is -0.121. The fourth-order valence-electron chi connectivity index (χ4n) is 2.96. The monoisotopic (exact) mass is 368 g/mol. The number of hydrogen-bond acceptors (Lipinski definition) is 5. The van der Waals surface area contributed by atoms with Gasteiger partial charge in [0.05, 0.1) is 24.3 Å². The quantitative estimate of drug-likeness (QED) is 0.687. The Bertz CT molecular complexity index is 917. The SMILES string of the molecule is COC1=CC(NCCCNC(=O)Cn2cnc3ccccc3c2=O)CC=C1. The summed E-state index contributed by atoms with van der Waals surface area (Å²) in [5.74, 6) is 0.665. The molecule has 27 heavy (non-hydrogen) atoms. The zero-order valence-corrected chi connectivity index (χ0v) is 15.4. The standard InChI is InChI=1S/C20H24N4O3/c1-27-16-7-4-6-15(12-16)21-10-5-11-22-19(25)13-24-14-23-18-9-3-2-8-17(18)20(24)26/h2-4,7-9,12,14-15,21H,5-6,10-11,13H2,1H3,(H,22,25). The van der Waals surface area contributed by atoms with Crippen LogP contribution in [0.3, 0.4) is 0 Å². The van der Waals surface area contributed by atoms with E-state index in [0.29, 0.717) is 17.4 Å². The molecule has 1 heterocycles. The van der Waals surface area contributed by atoms with Gasteiger partial charge >= 0.3 is 0 Å². The van der Waals surface area contributed by atoms with Crippen molar-refractivity contribution >= 4 is 16.8 Å². The largest absolute Gasteiger partial charge is 0.497 e. The van der Waals surface area contributed by atoms with Crippen LogP contribution >= 0.6 is 0 Å². The van der Waals surface area contributed by atoms with Crippen LogP contribution in [0.1, 0.15) is 12.8 Å². The summed E-state index contributed by atoms with van der Waals surface area (Å²) in [6.45, 7) is 1.30. The molecule has 1 unspecified atom stereocenters. The van der Waals surface area contributed by atoms with Crippen molar-refractivity contribution in [2.24, 2.45) is 0 Å². The van der Waals surface area contributed by atoms with Crippen molar-refractivity contribution in [1.29, 1.82) is 0 Å². The van der Waals surface area contributed by atoms with Crippen molar-refractivity contribution in [3.05, 3.63) is 64.9 Å². The Morgan fingerprint density at radius 3 is 3.04 bits per heavy atom. The van der Waals surface area contributed by atoms with Crippen LogP contribution in [0.4, 0.5) is 0 Å². The van der Waals surface area contributed by atoms with Gasteiger partial charge in [-0.25, -0.2) is 4.98 Å². The normalized spacial score (nSPS) is 16.2. The zero-order chi connectivity index (χ0) is 19.1. The summed E-state index contributed by atoms with van der Waals surface area (Å²) in [5.41, 5.74) is 0.428. The fourth-order valence-corrected chi connectivity index (χ4v) is 2.96. The number of aromatic nitrogens is 2. The van der Waals surface area contributed by atoms with Gasteiger partial charge in [-0.1, -0.05) is 18.2 Å². The molecule has 0 spiro atoms. The van der Waals surface area contributed by atoms with Gasteiger partial charge in [-0.05, 0) is 43.7 Å². The number of fused-ring (bicyclic) bond motifs is 1. The van der Waals surface area contributed by atoms with Crippen LogP contribution in [0.15, 0.2) is 59.4 Å². The van der Waals surface area contributed by atoms with Crippen LogP contribution in [0.5, 0.6) is 0 Å². The van der Waals surface area contributed by atoms with E-state index in [9.17, 15) is 9.59 Å². The van der Waals surface area contributed by atoms with Gasteiger partial charge in [0.15, 0.2) is 0 Å². The summed E-state index contributed by atoms with van der Waals surface area (Å²) in [4.78, 5) is 28.7. The van der Waals surface area contributed by atoms with Crippen molar-refractivity contribution in [2.75, 3.05) is 20.2 Å². The average molecular weight is 368 g/mol. The van der Waals surface area contributed by atoms with E-state index in [1.165, 1.54) is 10.9 Å². The molecule has 1 aromatic carbocycles. The van der Waals surface area contributed by atoms with E-state index in [2.05, 4.69) is 27.8 Å². The Balaban J connectivity index is 1.41. The highest BCUT2D eigenvalue weighted by atomic mass is 16.5. The highest BCUT2D eigenvalue weighted by molar-refractivity contribution is 5.78. The summed E-state index contributed by atoms with van der Waals surface area (Å²) >= 11 is 0. The maximum absolute atomic E-state index is 12.4.